The first-order chi connectivity index (χ1) is 25.0. The Morgan fingerprint density at radius 3 is 1.86 bits per heavy atom. The molecule has 1 heterocycles. The van der Waals surface area contributed by atoms with E-state index in [1.54, 1.807) is 0 Å². The third-order valence-electron chi connectivity index (χ3n) is 10.9. The normalized spacial score (nSPS) is 13.1. The van der Waals surface area contributed by atoms with Crippen molar-refractivity contribution in [1.82, 2.24) is 0 Å². The summed E-state index contributed by atoms with van der Waals surface area (Å²) in [6.07, 6.45) is 0. The Kier molecular flexibility index (Phi) is 6.56. The van der Waals surface area contributed by atoms with E-state index >= 15 is 0 Å². The zero-order chi connectivity index (χ0) is 34.1. The zero-order valence-corrected chi connectivity index (χ0v) is 28.6. The van der Waals surface area contributed by atoms with Crippen molar-refractivity contribution in [3.63, 3.8) is 0 Å². The Morgan fingerprint density at radius 1 is 0.412 bits per heavy atom. The molecule has 0 saturated heterocycles. The van der Waals surface area contributed by atoms with Gasteiger partial charge >= 0.3 is 0 Å². The molecule has 8 aromatic carbocycles. The smallest absolute Gasteiger partial charge is 0.137 e. The van der Waals surface area contributed by atoms with Crippen LogP contribution in [0.1, 0.15) is 25.0 Å². The van der Waals surface area contributed by atoms with E-state index in [1.807, 2.05) is 12.1 Å². The van der Waals surface area contributed by atoms with Crippen molar-refractivity contribution in [3.8, 4) is 33.4 Å². The largest absolute Gasteiger partial charge is 0.456 e. The molecule has 10 rings (SSSR count). The fraction of sp³-hybridized carbons (Fsp3) is 0.0612. The lowest BCUT2D eigenvalue weighted by Crippen LogP contribution is -2.15. The van der Waals surface area contributed by atoms with Gasteiger partial charge < -0.3 is 9.32 Å². The molecule has 1 aliphatic rings. The van der Waals surface area contributed by atoms with Crippen molar-refractivity contribution < 1.29 is 4.42 Å². The van der Waals surface area contributed by atoms with Crippen molar-refractivity contribution in [2.24, 2.45) is 0 Å². The highest BCUT2D eigenvalue weighted by atomic mass is 16.3. The number of hydrogen-bond acceptors (Lipinski definition) is 2. The van der Waals surface area contributed by atoms with Crippen molar-refractivity contribution in [1.29, 1.82) is 0 Å². The van der Waals surface area contributed by atoms with Crippen LogP contribution in [0.15, 0.2) is 180 Å². The third-order valence-corrected chi connectivity index (χ3v) is 10.9. The zero-order valence-electron chi connectivity index (χ0n) is 28.6. The van der Waals surface area contributed by atoms with Crippen LogP contribution in [-0.4, -0.2) is 0 Å². The molecular weight excluding hydrogens is 619 g/mol. The molecule has 1 aliphatic carbocycles. The lowest BCUT2D eigenvalue weighted by molar-refractivity contribution is 0.661. The van der Waals surface area contributed by atoms with Gasteiger partial charge in [-0.3, -0.25) is 0 Å². The predicted octanol–water partition coefficient (Wildman–Crippen LogP) is 13.8. The van der Waals surface area contributed by atoms with Gasteiger partial charge in [0.05, 0.1) is 5.69 Å². The van der Waals surface area contributed by atoms with E-state index in [-0.39, 0.29) is 5.41 Å². The second-order valence-electron chi connectivity index (χ2n) is 14.1. The molecule has 0 atom stereocenters. The highest BCUT2D eigenvalue weighted by Gasteiger charge is 2.36. The van der Waals surface area contributed by atoms with Crippen LogP contribution in [0.4, 0.5) is 17.1 Å². The van der Waals surface area contributed by atoms with Crippen molar-refractivity contribution >= 4 is 49.8 Å². The van der Waals surface area contributed by atoms with Gasteiger partial charge in [-0.2, -0.15) is 0 Å². The minimum Gasteiger partial charge on any atom is -0.456 e. The summed E-state index contributed by atoms with van der Waals surface area (Å²) >= 11 is 0. The van der Waals surface area contributed by atoms with Crippen LogP contribution in [0.2, 0.25) is 0 Å². The number of rotatable bonds is 5. The summed E-state index contributed by atoms with van der Waals surface area (Å²) in [5.41, 5.74) is 15.0. The fourth-order valence-electron chi connectivity index (χ4n) is 8.33. The molecule has 51 heavy (non-hydrogen) atoms. The first-order valence-electron chi connectivity index (χ1n) is 17.7. The van der Waals surface area contributed by atoms with Gasteiger partial charge in [-0.15, -0.1) is 0 Å². The van der Waals surface area contributed by atoms with Crippen molar-refractivity contribution in [2.75, 3.05) is 4.90 Å². The average molecular weight is 654 g/mol. The van der Waals surface area contributed by atoms with Crippen LogP contribution >= 0.6 is 0 Å². The molecule has 0 fully saturated rings. The molecule has 242 valence electrons. The maximum absolute atomic E-state index is 6.47. The van der Waals surface area contributed by atoms with E-state index in [9.17, 15) is 0 Å². The van der Waals surface area contributed by atoms with Crippen LogP contribution in [0.3, 0.4) is 0 Å². The summed E-state index contributed by atoms with van der Waals surface area (Å²) in [5, 5.41) is 4.80. The molecule has 0 bridgehead atoms. The Morgan fingerprint density at radius 2 is 1.02 bits per heavy atom. The van der Waals surface area contributed by atoms with Crippen LogP contribution in [-0.2, 0) is 5.41 Å². The first kappa shape index (κ1) is 29.5. The lowest BCUT2D eigenvalue weighted by atomic mass is 9.82. The van der Waals surface area contributed by atoms with Crippen LogP contribution in [0.5, 0.6) is 0 Å². The number of para-hydroxylation sites is 2. The maximum atomic E-state index is 6.47. The molecular formula is C49H35NO. The van der Waals surface area contributed by atoms with E-state index < -0.39 is 0 Å². The highest BCUT2D eigenvalue weighted by Crippen LogP contribution is 2.52. The molecule has 2 heteroatoms. The topological polar surface area (TPSA) is 16.4 Å². The van der Waals surface area contributed by atoms with Gasteiger partial charge in [-0.1, -0.05) is 135 Å². The molecule has 0 amide bonds. The van der Waals surface area contributed by atoms with Gasteiger partial charge in [0, 0.05) is 39.2 Å². The SMILES string of the molecule is CC1(C)c2ccc(N(c3ccc4c(c3)oc3ccccc34)c3ccccc3-c3ccccc3-c3ccccc3)cc2-c2cc3ccccc3cc21. The van der Waals surface area contributed by atoms with Crippen LogP contribution in [0.25, 0.3) is 66.1 Å². The van der Waals surface area contributed by atoms with E-state index in [2.05, 4.69) is 183 Å². The monoisotopic (exact) mass is 653 g/mol. The molecule has 0 aliphatic heterocycles. The van der Waals surface area contributed by atoms with Gasteiger partial charge in [0.1, 0.15) is 11.2 Å². The van der Waals surface area contributed by atoms with Gasteiger partial charge in [-0.05, 0) is 98.2 Å². The van der Waals surface area contributed by atoms with Crippen molar-refractivity contribution in [3.05, 3.63) is 187 Å². The number of nitrogens with zero attached hydrogens (tertiary/aromatic N) is 1. The predicted molar refractivity (Wildman–Crippen MR) is 214 cm³/mol. The summed E-state index contributed by atoms with van der Waals surface area (Å²) in [7, 11) is 0. The molecule has 0 radical (unpaired) electrons. The highest BCUT2D eigenvalue weighted by molar-refractivity contribution is 6.06. The minimum absolute atomic E-state index is 0.113. The quantitative estimate of drug-likeness (QED) is 0.184. The number of anilines is 3. The number of furan rings is 1. The molecule has 9 aromatic rings. The van der Waals surface area contributed by atoms with Crippen molar-refractivity contribution in [2.45, 2.75) is 19.3 Å². The Labute approximate surface area is 297 Å². The van der Waals surface area contributed by atoms with Gasteiger partial charge in [0.15, 0.2) is 0 Å². The van der Waals surface area contributed by atoms with E-state index in [1.165, 1.54) is 49.7 Å². The first-order valence-corrected chi connectivity index (χ1v) is 17.7. The molecule has 0 spiro atoms. The second kappa shape index (κ2) is 11.3. The second-order valence-corrected chi connectivity index (χ2v) is 14.1. The van der Waals surface area contributed by atoms with E-state index in [0.717, 1.165) is 44.6 Å². The Bertz CT molecular complexity index is 2790. The van der Waals surface area contributed by atoms with E-state index in [4.69, 9.17) is 4.42 Å². The maximum Gasteiger partial charge on any atom is 0.137 e. The average Bonchev–Trinajstić information content (AvgIpc) is 3.65. The summed E-state index contributed by atoms with van der Waals surface area (Å²) in [4.78, 5) is 2.41. The minimum atomic E-state index is -0.113. The third kappa shape index (κ3) is 4.64. The molecule has 2 nitrogen and oxygen atoms in total. The summed E-state index contributed by atoms with van der Waals surface area (Å²) in [5.74, 6) is 0. The lowest BCUT2D eigenvalue weighted by Gasteiger charge is -2.29. The molecule has 1 aromatic heterocycles. The molecule has 0 N–H and O–H groups in total. The van der Waals surface area contributed by atoms with Crippen LogP contribution in [0, 0.1) is 0 Å². The number of fused-ring (bicyclic) bond motifs is 7. The Balaban J connectivity index is 1.22. The number of hydrogen-bond donors (Lipinski definition) is 0. The van der Waals surface area contributed by atoms with Gasteiger partial charge in [0.2, 0.25) is 0 Å². The molecule has 0 unspecified atom stereocenters. The Hall–Kier alpha value is -6.38. The summed E-state index contributed by atoms with van der Waals surface area (Å²) in [6, 6.07) is 63.7. The summed E-state index contributed by atoms with van der Waals surface area (Å²) < 4.78 is 6.47. The summed E-state index contributed by atoms with van der Waals surface area (Å²) in [6.45, 7) is 4.71. The van der Waals surface area contributed by atoms with Gasteiger partial charge in [0.25, 0.3) is 0 Å². The standard InChI is InChI=1S/C49H35NO/c1-49(2)44-27-25-35(30-43(44)42-28-33-16-6-7-17-34(33)29-45(42)49)50(36-24-26-41-40-21-11-13-23-47(40)51-48(41)31-36)46-22-12-10-20-39(46)38-19-9-8-18-37(38)32-14-4-3-5-15-32/h3-31H,1-2H3. The van der Waals surface area contributed by atoms with Crippen LogP contribution < -0.4 is 4.90 Å². The fourth-order valence-corrected chi connectivity index (χ4v) is 8.33. The number of benzene rings is 8. The van der Waals surface area contributed by atoms with E-state index in [0.29, 0.717) is 0 Å². The molecule has 0 saturated carbocycles. The van der Waals surface area contributed by atoms with Gasteiger partial charge in [-0.25, -0.2) is 0 Å².